The Kier molecular flexibility index (Phi) is 5.12. The maximum atomic E-state index is 14.7. The summed E-state index contributed by atoms with van der Waals surface area (Å²) in [6.07, 6.45) is 0.307. The minimum Gasteiger partial charge on any atom is -0.465 e. The highest BCUT2D eigenvalue weighted by Crippen LogP contribution is 2.49. The average Bonchev–Trinajstić information content (AvgIpc) is 2.73. The summed E-state index contributed by atoms with van der Waals surface area (Å²) < 4.78 is 25.8. The lowest BCUT2D eigenvalue weighted by molar-refractivity contribution is -0.0591. The van der Waals surface area contributed by atoms with Gasteiger partial charge in [0.2, 0.25) is 0 Å². The summed E-state index contributed by atoms with van der Waals surface area (Å²) in [6.45, 7) is 0.194. The van der Waals surface area contributed by atoms with Crippen molar-refractivity contribution in [1.29, 1.82) is 0 Å². The molecule has 0 amide bonds. The van der Waals surface area contributed by atoms with Crippen LogP contribution in [0.25, 0.3) is 0 Å². The fourth-order valence-corrected chi connectivity index (χ4v) is 5.08. The molecule has 2 aliphatic heterocycles. The number of benzene rings is 2. The molecule has 146 valence electrons. The van der Waals surface area contributed by atoms with Crippen molar-refractivity contribution in [2.75, 3.05) is 19.5 Å². The number of rotatable bonds is 3. The van der Waals surface area contributed by atoms with Crippen LogP contribution < -0.4 is 5.73 Å². The number of carbonyl (C=O) groups is 1. The Morgan fingerprint density at radius 2 is 2.04 bits per heavy atom. The summed E-state index contributed by atoms with van der Waals surface area (Å²) in [5, 5.41) is 0.441. The highest BCUT2D eigenvalue weighted by Gasteiger charge is 2.49. The number of methoxy groups -OCH3 is 1. The van der Waals surface area contributed by atoms with Crippen molar-refractivity contribution in [3.63, 3.8) is 0 Å². The first-order valence-corrected chi connectivity index (χ1v) is 10.1. The largest absolute Gasteiger partial charge is 0.465 e. The SMILES string of the molecule is COC(=O)c1ccccc1[C@H]1C[C@H]2CSC(N)=N[C@@]2(c2ccccc2F)CO1. The molecule has 0 spiro atoms. The van der Waals surface area contributed by atoms with E-state index in [9.17, 15) is 9.18 Å². The quantitative estimate of drug-likeness (QED) is 0.796. The molecule has 2 aliphatic rings. The van der Waals surface area contributed by atoms with Gasteiger partial charge in [0.25, 0.3) is 0 Å². The predicted octanol–water partition coefficient (Wildman–Crippen LogP) is 3.65. The summed E-state index contributed by atoms with van der Waals surface area (Å²) in [6, 6.07) is 13.9. The molecule has 1 saturated heterocycles. The van der Waals surface area contributed by atoms with Crippen LogP contribution in [0.5, 0.6) is 0 Å². The molecule has 2 N–H and O–H groups in total. The molecule has 0 radical (unpaired) electrons. The topological polar surface area (TPSA) is 73.9 Å². The highest BCUT2D eigenvalue weighted by molar-refractivity contribution is 8.13. The second-order valence-corrected chi connectivity index (χ2v) is 8.02. The molecule has 28 heavy (non-hydrogen) atoms. The van der Waals surface area contributed by atoms with E-state index in [2.05, 4.69) is 4.99 Å². The lowest BCUT2D eigenvalue weighted by atomic mass is 9.74. The van der Waals surface area contributed by atoms with E-state index in [1.165, 1.54) is 24.9 Å². The summed E-state index contributed by atoms with van der Waals surface area (Å²) >= 11 is 1.47. The summed E-state index contributed by atoms with van der Waals surface area (Å²) in [5.41, 5.74) is 6.94. The molecule has 0 aromatic heterocycles. The molecule has 3 atom stereocenters. The van der Waals surface area contributed by atoms with Crippen molar-refractivity contribution in [2.45, 2.75) is 18.1 Å². The fraction of sp³-hybridized carbons (Fsp3) is 0.333. The maximum Gasteiger partial charge on any atom is 0.338 e. The van der Waals surface area contributed by atoms with E-state index >= 15 is 0 Å². The number of hydrogen-bond donors (Lipinski definition) is 1. The minimum atomic E-state index is -0.850. The van der Waals surface area contributed by atoms with E-state index < -0.39 is 11.5 Å². The molecule has 5 nitrogen and oxygen atoms in total. The Morgan fingerprint density at radius 1 is 1.29 bits per heavy atom. The zero-order valence-electron chi connectivity index (χ0n) is 15.4. The smallest absolute Gasteiger partial charge is 0.338 e. The number of esters is 1. The molecule has 2 aromatic carbocycles. The Balaban J connectivity index is 1.72. The molecular weight excluding hydrogens is 379 g/mol. The van der Waals surface area contributed by atoms with Gasteiger partial charge in [-0.1, -0.05) is 48.2 Å². The van der Waals surface area contributed by atoms with Gasteiger partial charge in [-0.15, -0.1) is 0 Å². The van der Waals surface area contributed by atoms with Gasteiger partial charge >= 0.3 is 5.97 Å². The average molecular weight is 400 g/mol. The molecular formula is C21H21FN2O3S. The van der Waals surface area contributed by atoms with Crippen molar-refractivity contribution in [2.24, 2.45) is 16.6 Å². The second kappa shape index (κ2) is 7.56. The number of halogens is 1. The van der Waals surface area contributed by atoms with Crippen molar-refractivity contribution in [1.82, 2.24) is 0 Å². The molecule has 2 heterocycles. The lowest BCUT2D eigenvalue weighted by Crippen LogP contribution is -2.48. The van der Waals surface area contributed by atoms with Crippen molar-refractivity contribution in [3.05, 3.63) is 71.0 Å². The van der Waals surface area contributed by atoms with Crippen molar-refractivity contribution in [3.8, 4) is 0 Å². The van der Waals surface area contributed by atoms with E-state index in [0.29, 0.717) is 28.5 Å². The first-order chi connectivity index (χ1) is 13.5. The number of carbonyl (C=O) groups excluding carboxylic acids is 1. The van der Waals surface area contributed by atoms with Gasteiger partial charge in [-0.05, 0) is 24.1 Å². The molecule has 0 bridgehead atoms. The Bertz CT molecular complexity index is 935. The second-order valence-electron chi connectivity index (χ2n) is 6.98. The summed E-state index contributed by atoms with van der Waals surface area (Å²) in [4.78, 5) is 16.8. The first-order valence-electron chi connectivity index (χ1n) is 9.07. The first kappa shape index (κ1) is 19.0. The zero-order valence-corrected chi connectivity index (χ0v) is 16.2. The summed E-state index contributed by atoms with van der Waals surface area (Å²) in [5.74, 6) is 0.0220. The van der Waals surface area contributed by atoms with Gasteiger partial charge in [-0.2, -0.15) is 0 Å². The molecule has 2 aromatic rings. The van der Waals surface area contributed by atoms with Gasteiger partial charge in [-0.25, -0.2) is 14.2 Å². The third-order valence-electron chi connectivity index (χ3n) is 5.47. The molecule has 1 fully saturated rings. The highest BCUT2D eigenvalue weighted by atomic mass is 32.2. The van der Waals surface area contributed by atoms with Crippen LogP contribution in [0.15, 0.2) is 53.5 Å². The van der Waals surface area contributed by atoms with Gasteiger partial charge < -0.3 is 15.2 Å². The van der Waals surface area contributed by atoms with Crippen LogP contribution in [0.2, 0.25) is 0 Å². The van der Waals surface area contributed by atoms with Gasteiger partial charge in [0.1, 0.15) is 11.4 Å². The van der Waals surface area contributed by atoms with E-state index in [4.69, 9.17) is 15.2 Å². The fourth-order valence-electron chi connectivity index (χ4n) is 4.07. The maximum absolute atomic E-state index is 14.7. The third-order valence-corrected chi connectivity index (χ3v) is 6.43. The van der Waals surface area contributed by atoms with Crippen LogP contribution in [0, 0.1) is 11.7 Å². The molecule has 0 aliphatic carbocycles. The van der Waals surface area contributed by atoms with E-state index in [1.54, 1.807) is 30.3 Å². The number of hydrogen-bond acceptors (Lipinski definition) is 6. The molecule has 7 heteroatoms. The number of ether oxygens (including phenoxy) is 2. The number of aliphatic imine (C=N–C) groups is 1. The van der Waals surface area contributed by atoms with Crippen LogP contribution in [-0.4, -0.2) is 30.6 Å². The monoisotopic (exact) mass is 400 g/mol. The Morgan fingerprint density at radius 3 is 2.82 bits per heavy atom. The van der Waals surface area contributed by atoms with Gasteiger partial charge in [0, 0.05) is 17.2 Å². The lowest BCUT2D eigenvalue weighted by Gasteiger charge is -2.46. The van der Waals surface area contributed by atoms with Gasteiger partial charge in [0.05, 0.1) is 25.4 Å². The Hall–Kier alpha value is -2.38. The molecule has 0 saturated carbocycles. The number of nitrogens with zero attached hydrogens (tertiary/aromatic N) is 1. The number of amidine groups is 1. The minimum absolute atomic E-state index is 0.0196. The number of fused-ring (bicyclic) bond motifs is 1. The van der Waals surface area contributed by atoms with Crippen LogP contribution >= 0.6 is 11.8 Å². The number of nitrogens with two attached hydrogens (primary N) is 1. The van der Waals surface area contributed by atoms with E-state index in [-0.39, 0.29) is 24.4 Å². The Labute approximate surface area is 167 Å². The van der Waals surface area contributed by atoms with E-state index in [0.717, 1.165) is 5.56 Å². The molecule has 4 rings (SSSR count). The van der Waals surface area contributed by atoms with Crippen LogP contribution in [0.1, 0.15) is 34.0 Å². The predicted molar refractivity (Wildman–Crippen MR) is 107 cm³/mol. The van der Waals surface area contributed by atoms with Crippen molar-refractivity contribution < 1.29 is 18.7 Å². The van der Waals surface area contributed by atoms with Gasteiger partial charge in [-0.3, -0.25) is 0 Å². The standard InChI is InChI=1S/C21H21FN2O3S/c1-26-19(25)15-7-3-2-6-14(15)18-10-13-11-28-20(23)24-21(13,12-27-18)16-8-4-5-9-17(16)22/h2-9,13,18H,10-12H2,1H3,(H2,23,24)/t13-,18+,21-/m0/s1. The van der Waals surface area contributed by atoms with Crippen LogP contribution in [-0.2, 0) is 15.0 Å². The van der Waals surface area contributed by atoms with Crippen LogP contribution in [0.3, 0.4) is 0 Å². The van der Waals surface area contributed by atoms with Crippen molar-refractivity contribution >= 4 is 22.9 Å². The third kappa shape index (κ3) is 3.18. The van der Waals surface area contributed by atoms with Gasteiger partial charge in [0.15, 0.2) is 5.17 Å². The normalized spacial score (nSPS) is 26.9. The van der Waals surface area contributed by atoms with E-state index in [1.807, 2.05) is 12.1 Å². The summed E-state index contributed by atoms with van der Waals surface area (Å²) in [7, 11) is 1.36. The van der Waals surface area contributed by atoms with Crippen LogP contribution in [0.4, 0.5) is 4.39 Å². The molecule has 0 unspecified atom stereocenters. The number of thioether (sulfide) groups is 1. The zero-order chi connectivity index (χ0) is 19.7.